The lowest BCUT2D eigenvalue weighted by atomic mass is 10.4. The highest BCUT2D eigenvalue weighted by molar-refractivity contribution is 7.97. The van der Waals surface area contributed by atoms with Gasteiger partial charge in [-0.3, -0.25) is 0 Å². The fourth-order valence-corrected chi connectivity index (χ4v) is 2.70. The SMILES string of the molecule is CSCc1nnc2sc(-c3cc(C)on3)nn12. The molecule has 0 atom stereocenters. The summed E-state index contributed by atoms with van der Waals surface area (Å²) in [5.74, 6) is 2.42. The fraction of sp³-hybridized carbons (Fsp3) is 0.333. The van der Waals surface area contributed by atoms with Crippen LogP contribution >= 0.6 is 23.1 Å². The van der Waals surface area contributed by atoms with E-state index >= 15 is 0 Å². The number of fused-ring (bicyclic) bond motifs is 1. The monoisotopic (exact) mass is 267 g/mol. The second-order valence-electron chi connectivity index (χ2n) is 3.47. The smallest absolute Gasteiger partial charge is 0.235 e. The summed E-state index contributed by atoms with van der Waals surface area (Å²) in [6.07, 6.45) is 2.02. The van der Waals surface area contributed by atoms with Gasteiger partial charge in [0.2, 0.25) is 4.96 Å². The molecule has 8 heteroatoms. The second kappa shape index (κ2) is 4.11. The number of thioether (sulfide) groups is 1. The zero-order valence-electron chi connectivity index (χ0n) is 9.25. The summed E-state index contributed by atoms with van der Waals surface area (Å²) in [6, 6.07) is 1.86. The lowest BCUT2D eigenvalue weighted by Crippen LogP contribution is -1.93. The molecule has 0 bridgehead atoms. The third kappa shape index (κ3) is 1.83. The third-order valence-corrected chi connectivity index (χ3v) is 3.64. The Hall–Kier alpha value is -1.41. The Kier molecular flexibility index (Phi) is 2.60. The molecule has 0 aliphatic carbocycles. The largest absolute Gasteiger partial charge is 0.361 e. The molecule has 0 aromatic carbocycles. The van der Waals surface area contributed by atoms with Crippen LogP contribution in [0.2, 0.25) is 0 Å². The molecule has 17 heavy (non-hydrogen) atoms. The van der Waals surface area contributed by atoms with Crippen LogP contribution in [0.3, 0.4) is 0 Å². The van der Waals surface area contributed by atoms with Gasteiger partial charge in [0.1, 0.15) is 11.5 Å². The maximum Gasteiger partial charge on any atom is 0.235 e. The molecule has 3 heterocycles. The van der Waals surface area contributed by atoms with E-state index in [0.717, 1.165) is 33.0 Å². The molecule has 6 nitrogen and oxygen atoms in total. The number of aromatic nitrogens is 5. The summed E-state index contributed by atoms with van der Waals surface area (Å²) in [7, 11) is 0. The van der Waals surface area contributed by atoms with Gasteiger partial charge in [0.05, 0.1) is 5.75 Å². The summed E-state index contributed by atoms with van der Waals surface area (Å²) >= 11 is 3.15. The topological polar surface area (TPSA) is 69.1 Å². The molecule has 0 saturated heterocycles. The third-order valence-electron chi connectivity index (χ3n) is 2.18. The first kappa shape index (κ1) is 10.7. The molecule has 0 fully saturated rings. The van der Waals surface area contributed by atoms with E-state index < -0.39 is 0 Å². The van der Waals surface area contributed by atoms with Crippen LogP contribution in [0.25, 0.3) is 15.7 Å². The Morgan fingerprint density at radius 2 is 2.35 bits per heavy atom. The van der Waals surface area contributed by atoms with E-state index in [4.69, 9.17) is 4.52 Å². The summed E-state index contributed by atoms with van der Waals surface area (Å²) in [5.41, 5.74) is 0.744. The van der Waals surface area contributed by atoms with Crippen molar-refractivity contribution in [2.75, 3.05) is 6.26 Å². The molecular formula is C9H9N5OS2. The van der Waals surface area contributed by atoms with Crippen molar-refractivity contribution >= 4 is 28.1 Å². The van der Waals surface area contributed by atoms with Gasteiger partial charge in [-0.2, -0.15) is 21.4 Å². The van der Waals surface area contributed by atoms with E-state index in [0.29, 0.717) is 0 Å². The van der Waals surface area contributed by atoms with Gasteiger partial charge in [0.25, 0.3) is 0 Å². The molecule has 3 aromatic rings. The molecule has 0 saturated carbocycles. The van der Waals surface area contributed by atoms with Crippen molar-refractivity contribution in [1.29, 1.82) is 0 Å². The van der Waals surface area contributed by atoms with Crippen LogP contribution in [0.5, 0.6) is 0 Å². The predicted molar refractivity (Wildman–Crippen MR) is 66.1 cm³/mol. The van der Waals surface area contributed by atoms with Crippen LogP contribution in [0.1, 0.15) is 11.6 Å². The maximum absolute atomic E-state index is 5.04. The molecule has 0 aliphatic heterocycles. The lowest BCUT2D eigenvalue weighted by molar-refractivity contribution is 0.399. The van der Waals surface area contributed by atoms with Crippen LogP contribution in [-0.2, 0) is 5.75 Å². The Balaban J connectivity index is 2.07. The summed E-state index contributed by atoms with van der Waals surface area (Å²) in [5, 5.41) is 17.4. The van der Waals surface area contributed by atoms with E-state index in [1.807, 2.05) is 19.2 Å². The molecule has 0 N–H and O–H groups in total. The van der Waals surface area contributed by atoms with Gasteiger partial charge in [0, 0.05) is 6.07 Å². The summed E-state index contributed by atoms with van der Waals surface area (Å²) in [6.45, 7) is 1.86. The van der Waals surface area contributed by atoms with Crippen molar-refractivity contribution in [1.82, 2.24) is 25.0 Å². The number of rotatable bonds is 3. The molecule has 3 rings (SSSR count). The average molecular weight is 267 g/mol. The van der Waals surface area contributed by atoms with Crippen molar-refractivity contribution in [2.24, 2.45) is 0 Å². The van der Waals surface area contributed by atoms with Gasteiger partial charge in [-0.05, 0) is 13.2 Å². The number of hydrogen-bond acceptors (Lipinski definition) is 7. The first-order chi connectivity index (χ1) is 8.28. The second-order valence-corrected chi connectivity index (χ2v) is 5.30. The minimum atomic E-state index is 0.744. The van der Waals surface area contributed by atoms with E-state index in [-0.39, 0.29) is 0 Å². The molecular weight excluding hydrogens is 258 g/mol. The van der Waals surface area contributed by atoms with Gasteiger partial charge in [-0.15, -0.1) is 10.2 Å². The summed E-state index contributed by atoms with van der Waals surface area (Å²) in [4.78, 5) is 0.782. The zero-order valence-corrected chi connectivity index (χ0v) is 10.9. The minimum Gasteiger partial charge on any atom is -0.361 e. The van der Waals surface area contributed by atoms with Gasteiger partial charge in [-0.25, -0.2) is 0 Å². The lowest BCUT2D eigenvalue weighted by Gasteiger charge is -1.90. The first-order valence-electron chi connectivity index (χ1n) is 4.91. The van der Waals surface area contributed by atoms with Crippen molar-refractivity contribution in [3.05, 3.63) is 17.7 Å². The first-order valence-corrected chi connectivity index (χ1v) is 7.12. The van der Waals surface area contributed by atoms with Crippen molar-refractivity contribution in [3.8, 4) is 10.7 Å². The molecule has 88 valence electrons. The van der Waals surface area contributed by atoms with Crippen LogP contribution in [0, 0.1) is 6.92 Å². The highest BCUT2D eigenvalue weighted by Gasteiger charge is 2.14. The number of aryl methyl sites for hydroxylation is 1. The molecule has 0 unspecified atom stereocenters. The predicted octanol–water partition coefficient (Wildman–Crippen LogP) is 2.01. The standard InChI is InChI=1S/C9H9N5OS2/c1-5-3-6(13-15-5)8-12-14-7(4-16-2)10-11-9(14)17-8/h3H,4H2,1-2H3. The van der Waals surface area contributed by atoms with Crippen LogP contribution in [0.15, 0.2) is 10.6 Å². The molecule has 3 aromatic heterocycles. The minimum absolute atomic E-state index is 0.744. The van der Waals surface area contributed by atoms with Crippen LogP contribution in [-0.4, -0.2) is 31.2 Å². The summed E-state index contributed by atoms with van der Waals surface area (Å²) < 4.78 is 6.80. The Morgan fingerprint density at radius 1 is 1.47 bits per heavy atom. The van der Waals surface area contributed by atoms with E-state index in [9.17, 15) is 0 Å². The Labute approximate surface area is 105 Å². The zero-order chi connectivity index (χ0) is 11.8. The molecule has 0 amide bonds. The quantitative estimate of drug-likeness (QED) is 0.723. The highest BCUT2D eigenvalue weighted by atomic mass is 32.2. The Morgan fingerprint density at radius 3 is 3.06 bits per heavy atom. The Bertz CT molecular complexity index is 655. The van der Waals surface area contributed by atoms with Gasteiger partial charge in [0.15, 0.2) is 10.8 Å². The fourth-order valence-electron chi connectivity index (χ4n) is 1.45. The van der Waals surface area contributed by atoms with E-state index in [1.165, 1.54) is 11.3 Å². The van der Waals surface area contributed by atoms with Crippen molar-refractivity contribution in [2.45, 2.75) is 12.7 Å². The van der Waals surface area contributed by atoms with Gasteiger partial charge < -0.3 is 4.52 Å². The van der Waals surface area contributed by atoms with E-state index in [2.05, 4.69) is 20.5 Å². The molecule has 0 spiro atoms. The number of nitrogens with zero attached hydrogens (tertiary/aromatic N) is 5. The van der Waals surface area contributed by atoms with Gasteiger partial charge >= 0.3 is 0 Å². The van der Waals surface area contributed by atoms with Crippen molar-refractivity contribution in [3.63, 3.8) is 0 Å². The highest BCUT2D eigenvalue weighted by Crippen LogP contribution is 2.25. The van der Waals surface area contributed by atoms with Gasteiger partial charge in [-0.1, -0.05) is 16.5 Å². The maximum atomic E-state index is 5.04. The average Bonchev–Trinajstić information content (AvgIpc) is 2.95. The van der Waals surface area contributed by atoms with E-state index in [1.54, 1.807) is 16.3 Å². The number of hydrogen-bond donors (Lipinski definition) is 0. The normalized spacial score (nSPS) is 11.4. The van der Waals surface area contributed by atoms with Crippen LogP contribution < -0.4 is 0 Å². The molecule has 0 radical (unpaired) electrons. The van der Waals surface area contributed by atoms with Crippen molar-refractivity contribution < 1.29 is 4.52 Å². The van der Waals surface area contributed by atoms with Crippen LogP contribution in [0.4, 0.5) is 0 Å². The molecule has 0 aliphatic rings.